The van der Waals surface area contributed by atoms with Crippen LogP contribution in [0.1, 0.15) is 0 Å². The third-order valence-corrected chi connectivity index (χ3v) is 17.0. The van der Waals surface area contributed by atoms with Gasteiger partial charge in [-0.25, -0.2) is 0 Å². The zero-order valence-corrected chi connectivity index (χ0v) is 40.4. The van der Waals surface area contributed by atoms with Gasteiger partial charge in [-0.2, -0.15) is 0 Å². The van der Waals surface area contributed by atoms with Crippen LogP contribution in [-0.4, -0.2) is 173 Å². The van der Waals surface area contributed by atoms with Gasteiger partial charge in [0.25, 0.3) is 0 Å². The summed E-state index contributed by atoms with van der Waals surface area (Å²) >= 11 is 0. The second kappa shape index (κ2) is 14.0. The smallest absolute Gasteiger partial charge is 0.145 e. The maximum absolute atomic E-state index is 7.35. The molecule has 1 heterocycles. The van der Waals surface area contributed by atoms with Crippen LogP contribution in [0, 0.1) is 0 Å². The molecule has 0 aliphatic rings. The van der Waals surface area contributed by atoms with Crippen LogP contribution in [0.5, 0.6) is 0 Å². The molecule has 8 aromatic rings. The molecule has 260 valence electrons. The highest BCUT2D eigenvalue weighted by Crippen LogP contribution is 2.40. The zero-order valence-electron chi connectivity index (χ0n) is 40.4. The summed E-state index contributed by atoms with van der Waals surface area (Å²) in [6.45, 7) is 0. The van der Waals surface area contributed by atoms with E-state index in [1.165, 1.54) is 186 Å². The molecule has 0 atom stereocenters. The van der Waals surface area contributed by atoms with Crippen LogP contribution in [0.25, 0.3) is 76.5 Å². The van der Waals surface area contributed by atoms with Crippen LogP contribution >= 0.6 is 0 Å². The Bertz CT molecular complexity index is 3240. The topological polar surface area (TPSA) is 13.1 Å². The highest BCUT2D eigenvalue weighted by atomic mass is 16.3. The standard InChI is InChI=1S/C36H44B22O/c37-13-3-1(9-19(43)31(55)33(57)32(56)20(9)44)4-6(16(40)28(52)26(50)14(4)38)2(5(3)15(39)27(51)25(13)49)10-18(42)23(47)12-8-7-11(21(45)30(54)29(53)17(7)41)22(46)34(58)35(8)59-36(12)24(10)48/h37-58H2. The van der Waals surface area contributed by atoms with Crippen molar-refractivity contribution in [3.8, 4) is 22.3 Å². The minimum Gasteiger partial charge on any atom is -0.457 e. The first-order valence-corrected chi connectivity index (χ1v) is 21.9. The molecule has 0 fully saturated rings. The van der Waals surface area contributed by atoms with E-state index in [1.807, 2.05) is 0 Å². The largest absolute Gasteiger partial charge is 0.457 e. The molecule has 0 N–H and O–H groups in total. The maximum Gasteiger partial charge on any atom is 0.145 e. The quantitative estimate of drug-likeness (QED) is 0.128. The Hall–Kier alpha value is -3.45. The van der Waals surface area contributed by atoms with E-state index in [4.69, 9.17) is 4.42 Å². The summed E-state index contributed by atoms with van der Waals surface area (Å²) in [5, 5.41) is 10.9. The summed E-state index contributed by atoms with van der Waals surface area (Å²) in [5.41, 5.74) is 37.7. The van der Waals surface area contributed by atoms with E-state index in [2.05, 4.69) is 173 Å². The van der Waals surface area contributed by atoms with Gasteiger partial charge < -0.3 is 4.42 Å². The van der Waals surface area contributed by atoms with E-state index < -0.39 is 0 Å². The molecule has 0 unspecified atom stereocenters. The Kier molecular flexibility index (Phi) is 10.1. The Morgan fingerprint density at radius 1 is 0.153 bits per heavy atom. The van der Waals surface area contributed by atoms with E-state index in [1.54, 1.807) is 0 Å². The van der Waals surface area contributed by atoms with Crippen LogP contribution in [0.2, 0.25) is 0 Å². The van der Waals surface area contributed by atoms with Gasteiger partial charge in [0.15, 0.2) is 0 Å². The lowest BCUT2D eigenvalue weighted by molar-refractivity contribution is 0.675. The molecule has 0 aliphatic heterocycles. The molecular formula is C36H44B22O. The number of hydrogen-bond donors (Lipinski definition) is 0. The van der Waals surface area contributed by atoms with Gasteiger partial charge in [-0.05, 0) is 60.0 Å². The Morgan fingerprint density at radius 2 is 0.390 bits per heavy atom. The zero-order chi connectivity index (χ0) is 43.5. The predicted octanol–water partition coefficient (Wildman–Crippen LogP) is -27.9. The Balaban J connectivity index is 1.73. The minimum atomic E-state index is 1.03. The highest BCUT2D eigenvalue weighted by Gasteiger charge is 2.30. The van der Waals surface area contributed by atoms with Crippen molar-refractivity contribution in [1.29, 1.82) is 0 Å². The molecule has 0 saturated carbocycles. The van der Waals surface area contributed by atoms with Crippen LogP contribution < -0.4 is 120 Å². The van der Waals surface area contributed by atoms with Gasteiger partial charge in [-0.3, -0.25) is 0 Å². The van der Waals surface area contributed by atoms with E-state index in [0.717, 1.165) is 11.2 Å². The Morgan fingerprint density at radius 3 is 0.780 bits per heavy atom. The van der Waals surface area contributed by atoms with Crippen molar-refractivity contribution < 1.29 is 4.42 Å². The highest BCUT2D eigenvalue weighted by molar-refractivity contribution is 6.76. The van der Waals surface area contributed by atoms with Crippen LogP contribution in [0.15, 0.2) is 4.42 Å². The fourth-order valence-electron chi connectivity index (χ4n) is 11.7. The van der Waals surface area contributed by atoms with Gasteiger partial charge in [0.1, 0.15) is 184 Å². The van der Waals surface area contributed by atoms with Gasteiger partial charge >= 0.3 is 0 Å². The number of rotatable bonds is 2. The van der Waals surface area contributed by atoms with Gasteiger partial charge in [0.05, 0.1) is 0 Å². The summed E-state index contributed by atoms with van der Waals surface area (Å²) in [7, 11) is 51.6. The van der Waals surface area contributed by atoms with Crippen molar-refractivity contribution >= 4 is 347 Å². The van der Waals surface area contributed by atoms with Crippen LogP contribution in [0.4, 0.5) is 0 Å². The predicted molar refractivity (Wildman–Crippen MR) is 337 cm³/mol. The van der Waals surface area contributed by atoms with Crippen molar-refractivity contribution in [2.24, 2.45) is 0 Å². The van der Waals surface area contributed by atoms with Crippen molar-refractivity contribution in [3.05, 3.63) is 0 Å². The fraction of sp³-hybridized carbons (Fsp3) is 0. The molecule has 0 amide bonds. The molecule has 0 radical (unpaired) electrons. The first-order chi connectivity index (χ1) is 27.5. The Labute approximate surface area is 371 Å². The third kappa shape index (κ3) is 5.30. The average Bonchev–Trinajstić information content (AvgIpc) is 3.61. The number of furan rings is 1. The van der Waals surface area contributed by atoms with Gasteiger partial charge in [-0.1, -0.05) is 65.6 Å². The van der Waals surface area contributed by atoms with E-state index in [9.17, 15) is 0 Å². The van der Waals surface area contributed by atoms with Crippen LogP contribution in [-0.2, 0) is 0 Å². The number of fused-ring (bicyclic) bond motifs is 7. The van der Waals surface area contributed by atoms with E-state index in [0.29, 0.717) is 0 Å². The molecule has 0 spiro atoms. The molecule has 23 heteroatoms. The minimum absolute atomic E-state index is 1.03. The average molecular weight is 731 g/mol. The summed E-state index contributed by atoms with van der Waals surface area (Å²) < 4.78 is 7.35. The second-order valence-electron chi connectivity index (χ2n) is 19.0. The summed E-state index contributed by atoms with van der Waals surface area (Å²) in [6.07, 6.45) is 0. The molecule has 1 nitrogen and oxygen atoms in total. The lowest BCUT2D eigenvalue weighted by Crippen LogP contribution is -2.55. The molecule has 59 heavy (non-hydrogen) atoms. The van der Waals surface area contributed by atoms with Crippen molar-refractivity contribution in [3.63, 3.8) is 0 Å². The summed E-state index contributed by atoms with van der Waals surface area (Å²) in [5.74, 6) is 0. The van der Waals surface area contributed by atoms with Crippen molar-refractivity contribution in [2.75, 3.05) is 0 Å². The normalized spacial score (nSPS) is 11.9. The molecule has 0 saturated heterocycles. The molecule has 0 aliphatic carbocycles. The fourth-order valence-corrected chi connectivity index (χ4v) is 11.7. The van der Waals surface area contributed by atoms with E-state index >= 15 is 0 Å². The monoisotopic (exact) mass is 735 g/mol. The van der Waals surface area contributed by atoms with Crippen molar-refractivity contribution in [1.82, 2.24) is 0 Å². The first-order valence-electron chi connectivity index (χ1n) is 21.9. The van der Waals surface area contributed by atoms with Gasteiger partial charge in [0, 0.05) is 10.8 Å². The van der Waals surface area contributed by atoms with E-state index in [-0.39, 0.29) is 0 Å². The molecule has 7 aromatic carbocycles. The molecule has 8 rings (SSSR count). The van der Waals surface area contributed by atoms with Crippen LogP contribution in [0.3, 0.4) is 0 Å². The van der Waals surface area contributed by atoms with Gasteiger partial charge in [0.2, 0.25) is 0 Å². The molecular weight excluding hydrogens is 686 g/mol. The van der Waals surface area contributed by atoms with Gasteiger partial charge in [-0.15, -0.1) is 49.2 Å². The maximum atomic E-state index is 7.35. The first kappa shape index (κ1) is 42.2. The number of hydrogen-bond acceptors (Lipinski definition) is 1. The molecule has 0 bridgehead atoms. The lowest BCUT2D eigenvalue weighted by Gasteiger charge is -2.31. The summed E-state index contributed by atoms with van der Waals surface area (Å²) in [4.78, 5) is 0. The SMILES string of the molecule is Bc1c(B)c(B)c(-c2c3c(B)c(B)c(B)c(B)c3c(-c3c(B)c(B)c4c(oc5c(B)c(B)c6c(B)c(B)c(B)c(B)c6c54)c3B)c3c(B)c(B)c(B)c(B)c23)c(B)c1B. The van der Waals surface area contributed by atoms with Crippen molar-refractivity contribution in [2.45, 2.75) is 0 Å². The third-order valence-electron chi connectivity index (χ3n) is 17.0. The number of benzene rings is 7. The summed E-state index contributed by atoms with van der Waals surface area (Å²) in [6, 6.07) is 0. The lowest BCUT2D eigenvalue weighted by atomic mass is 9.56. The molecule has 1 aromatic heterocycles. The second-order valence-corrected chi connectivity index (χ2v) is 19.0.